The minimum Gasteiger partial charge on any atom is -0.382 e. The number of rotatable bonds is 4. The fraction of sp³-hybridized carbons (Fsp3) is 0.714. The highest BCUT2D eigenvalue weighted by atomic mass is 32.2. The minimum atomic E-state index is -0.106. The van der Waals surface area contributed by atoms with Crippen LogP contribution in [-0.4, -0.2) is 34.5 Å². The summed E-state index contributed by atoms with van der Waals surface area (Å²) in [5.41, 5.74) is 5.77. The molecule has 7 heteroatoms. The third-order valence-electron chi connectivity index (χ3n) is 3.23. The van der Waals surface area contributed by atoms with Crippen LogP contribution in [0.25, 0.3) is 0 Å². The first-order valence-corrected chi connectivity index (χ1v) is 9.23. The van der Waals surface area contributed by atoms with Crippen molar-refractivity contribution in [2.45, 2.75) is 39.2 Å². The number of anilines is 2. The van der Waals surface area contributed by atoms with Gasteiger partial charge in [0, 0.05) is 12.1 Å². The second-order valence-electron chi connectivity index (χ2n) is 6.37. The standard InChI is InChI=1S/C14H24N4OS2/c1-14(2,3)18-13-17-11(15)10(21-13)12(19)16-8-9-4-6-20-7-5-9/h9H,4-8,15H2,1-3H3,(H,16,19)(H,17,18). The van der Waals surface area contributed by atoms with Crippen molar-refractivity contribution in [3.8, 4) is 0 Å². The fourth-order valence-corrected chi connectivity index (χ4v) is 4.35. The van der Waals surface area contributed by atoms with E-state index < -0.39 is 0 Å². The van der Waals surface area contributed by atoms with Gasteiger partial charge in [-0.1, -0.05) is 11.3 Å². The second-order valence-corrected chi connectivity index (χ2v) is 8.60. The minimum absolute atomic E-state index is 0.0994. The number of hydrogen-bond acceptors (Lipinski definition) is 6. The fourth-order valence-electron chi connectivity index (χ4n) is 2.14. The normalized spacial score (nSPS) is 16.7. The highest BCUT2D eigenvalue weighted by Gasteiger charge is 2.20. The van der Waals surface area contributed by atoms with E-state index in [1.54, 1.807) is 0 Å². The maximum Gasteiger partial charge on any atom is 0.265 e. The molecule has 1 amide bonds. The molecule has 0 unspecified atom stereocenters. The number of carbonyl (C=O) groups is 1. The smallest absolute Gasteiger partial charge is 0.265 e. The molecular weight excluding hydrogens is 304 g/mol. The molecule has 1 aliphatic rings. The van der Waals surface area contributed by atoms with Crippen LogP contribution in [0.3, 0.4) is 0 Å². The highest BCUT2D eigenvalue weighted by molar-refractivity contribution is 7.99. The Balaban J connectivity index is 1.92. The Morgan fingerprint density at radius 3 is 2.67 bits per heavy atom. The average Bonchev–Trinajstić information content (AvgIpc) is 2.76. The van der Waals surface area contributed by atoms with Gasteiger partial charge in [0.15, 0.2) is 5.13 Å². The van der Waals surface area contributed by atoms with Gasteiger partial charge >= 0.3 is 0 Å². The molecule has 118 valence electrons. The molecule has 1 aliphatic heterocycles. The van der Waals surface area contributed by atoms with Crippen molar-refractivity contribution >= 4 is 40.0 Å². The van der Waals surface area contributed by atoms with Gasteiger partial charge in [-0.3, -0.25) is 4.79 Å². The van der Waals surface area contributed by atoms with Crippen LogP contribution in [0.4, 0.5) is 10.9 Å². The molecule has 0 radical (unpaired) electrons. The zero-order chi connectivity index (χ0) is 15.5. The van der Waals surface area contributed by atoms with E-state index in [9.17, 15) is 4.79 Å². The molecule has 0 saturated carbocycles. The Bertz CT molecular complexity index is 490. The summed E-state index contributed by atoms with van der Waals surface area (Å²) in [6.07, 6.45) is 2.36. The van der Waals surface area contributed by atoms with E-state index in [4.69, 9.17) is 5.73 Å². The van der Waals surface area contributed by atoms with Gasteiger partial charge in [0.1, 0.15) is 10.7 Å². The highest BCUT2D eigenvalue weighted by Crippen LogP contribution is 2.27. The van der Waals surface area contributed by atoms with Gasteiger partial charge in [-0.15, -0.1) is 0 Å². The Labute approximate surface area is 134 Å². The van der Waals surface area contributed by atoms with Crippen molar-refractivity contribution in [2.75, 3.05) is 29.1 Å². The van der Waals surface area contributed by atoms with E-state index in [1.165, 1.54) is 35.7 Å². The predicted molar refractivity (Wildman–Crippen MR) is 92.3 cm³/mol. The Kier molecular flexibility index (Phi) is 5.37. The van der Waals surface area contributed by atoms with E-state index in [0.717, 1.165) is 6.54 Å². The molecule has 0 spiro atoms. The lowest BCUT2D eigenvalue weighted by atomic mass is 10.0. The third-order valence-corrected chi connectivity index (χ3v) is 5.27. The van der Waals surface area contributed by atoms with Gasteiger partial charge in [0.05, 0.1) is 0 Å². The van der Waals surface area contributed by atoms with E-state index in [-0.39, 0.29) is 11.4 Å². The van der Waals surface area contributed by atoms with Crippen LogP contribution in [0.2, 0.25) is 0 Å². The van der Waals surface area contributed by atoms with Crippen molar-refractivity contribution in [1.82, 2.24) is 10.3 Å². The topological polar surface area (TPSA) is 80.0 Å². The molecule has 2 heterocycles. The summed E-state index contributed by atoms with van der Waals surface area (Å²) in [5.74, 6) is 3.19. The van der Waals surface area contributed by atoms with Crippen molar-refractivity contribution in [1.29, 1.82) is 0 Å². The van der Waals surface area contributed by atoms with Crippen molar-refractivity contribution in [3.05, 3.63) is 4.88 Å². The van der Waals surface area contributed by atoms with Crippen LogP contribution in [0.1, 0.15) is 43.3 Å². The van der Waals surface area contributed by atoms with Gasteiger partial charge in [-0.05, 0) is 51.0 Å². The maximum atomic E-state index is 12.2. The summed E-state index contributed by atoms with van der Waals surface area (Å²) in [6, 6.07) is 0. The number of thiazole rings is 1. The Hall–Kier alpha value is -0.950. The quantitative estimate of drug-likeness (QED) is 0.792. The number of aromatic nitrogens is 1. The number of nitrogens with two attached hydrogens (primary N) is 1. The molecule has 0 atom stereocenters. The lowest BCUT2D eigenvalue weighted by molar-refractivity contribution is 0.0951. The molecule has 0 bridgehead atoms. The lowest BCUT2D eigenvalue weighted by Gasteiger charge is -2.21. The summed E-state index contributed by atoms with van der Waals surface area (Å²) in [4.78, 5) is 17.0. The molecule has 1 saturated heterocycles. The van der Waals surface area contributed by atoms with Crippen LogP contribution < -0.4 is 16.4 Å². The van der Waals surface area contributed by atoms with Crippen LogP contribution in [-0.2, 0) is 0 Å². The van der Waals surface area contributed by atoms with E-state index >= 15 is 0 Å². The van der Waals surface area contributed by atoms with Gasteiger partial charge < -0.3 is 16.4 Å². The molecule has 1 aromatic rings. The number of carbonyl (C=O) groups excluding carboxylic acids is 1. The molecule has 1 fully saturated rings. The molecule has 1 aromatic heterocycles. The first-order valence-electron chi connectivity index (χ1n) is 7.25. The van der Waals surface area contributed by atoms with E-state index in [0.29, 0.717) is 21.7 Å². The molecular formula is C14H24N4OS2. The first kappa shape index (κ1) is 16.4. The van der Waals surface area contributed by atoms with Crippen LogP contribution in [0.15, 0.2) is 0 Å². The number of nitrogens with zero attached hydrogens (tertiary/aromatic N) is 1. The van der Waals surface area contributed by atoms with Crippen molar-refractivity contribution < 1.29 is 4.79 Å². The number of hydrogen-bond donors (Lipinski definition) is 3. The Morgan fingerprint density at radius 1 is 1.38 bits per heavy atom. The van der Waals surface area contributed by atoms with Crippen molar-refractivity contribution in [2.24, 2.45) is 5.92 Å². The largest absolute Gasteiger partial charge is 0.382 e. The zero-order valence-electron chi connectivity index (χ0n) is 12.9. The molecule has 0 aliphatic carbocycles. The SMILES string of the molecule is CC(C)(C)Nc1nc(N)c(C(=O)NCC2CCSCC2)s1. The summed E-state index contributed by atoms with van der Waals surface area (Å²) >= 11 is 3.31. The number of nitrogen functional groups attached to an aromatic ring is 1. The van der Waals surface area contributed by atoms with Crippen LogP contribution in [0, 0.1) is 5.92 Å². The maximum absolute atomic E-state index is 12.2. The second kappa shape index (κ2) is 6.87. The average molecular weight is 329 g/mol. The first-order chi connectivity index (χ1) is 9.85. The molecule has 5 nitrogen and oxygen atoms in total. The third kappa shape index (κ3) is 5.07. The van der Waals surface area contributed by atoms with Gasteiger partial charge in [0.25, 0.3) is 5.91 Å². The summed E-state index contributed by atoms with van der Waals surface area (Å²) < 4.78 is 0. The summed E-state index contributed by atoms with van der Waals surface area (Å²) in [6.45, 7) is 6.88. The van der Waals surface area contributed by atoms with E-state index in [2.05, 4.69) is 15.6 Å². The molecule has 2 rings (SSSR count). The lowest BCUT2D eigenvalue weighted by Crippen LogP contribution is -2.30. The Morgan fingerprint density at radius 2 is 2.05 bits per heavy atom. The number of nitrogens with one attached hydrogen (secondary N) is 2. The van der Waals surface area contributed by atoms with Gasteiger partial charge in [-0.25, -0.2) is 4.98 Å². The van der Waals surface area contributed by atoms with Crippen molar-refractivity contribution in [3.63, 3.8) is 0 Å². The van der Waals surface area contributed by atoms with Gasteiger partial charge in [0.2, 0.25) is 0 Å². The monoisotopic (exact) mass is 328 g/mol. The molecule has 4 N–H and O–H groups in total. The summed E-state index contributed by atoms with van der Waals surface area (Å²) in [7, 11) is 0. The van der Waals surface area contributed by atoms with Crippen LogP contribution >= 0.6 is 23.1 Å². The van der Waals surface area contributed by atoms with E-state index in [1.807, 2.05) is 32.5 Å². The predicted octanol–water partition coefficient (Wildman–Crippen LogP) is 2.81. The van der Waals surface area contributed by atoms with Gasteiger partial charge in [-0.2, -0.15) is 11.8 Å². The number of thioether (sulfide) groups is 1. The zero-order valence-corrected chi connectivity index (χ0v) is 14.5. The molecule has 21 heavy (non-hydrogen) atoms. The van der Waals surface area contributed by atoms with Crippen LogP contribution in [0.5, 0.6) is 0 Å². The number of amides is 1. The molecule has 0 aromatic carbocycles. The summed E-state index contributed by atoms with van der Waals surface area (Å²) in [5, 5.41) is 6.94.